The number of nitrogens with zero attached hydrogens (tertiary/aromatic N) is 4. The predicted octanol–water partition coefficient (Wildman–Crippen LogP) is 0.120. The van der Waals surface area contributed by atoms with Gasteiger partial charge < -0.3 is 20.7 Å². The van der Waals surface area contributed by atoms with Gasteiger partial charge in [0.05, 0.1) is 19.1 Å². The summed E-state index contributed by atoms with van der Waals surface area (Å²) in [5.41, 5.74) is 6.58. The zero-order chi connectivity index (χ0) is 16.4. The Morgan fingerprint density at radius 3 is 2.91 bits per heavy atom. The second-order valence-electron chi connectivity index (χ2n) is 5.25. The number of halogens is 1. The molecule has 0 saturated carbocycles. The molecule has 2 aromatic rings. The number of thioether (sulfide) groups is 1. The number of anilines is 1. The van der Waals surface area contributed by atoms with Crippen LogP contribution in [-0.4, -0.2) is 66.2 Å². The van der Waals surface area contributed by atoms with Gasteiger partial charge in [-0.25, -0.2) is 15.0 Å². The zero-order valence-corrected chi connectivity index (χ0v) is 13.1. The molecule has 4 N–H and O–H groups in total. The standard InChI is InChI=1S/C13H18FN5O3S/c14-2-1-3-23-4-7-9(20)10(21)13(22-7)19-6-18-8-11(15)16-5-17-12(8)19/h5-7,9-10,13,20-21H,1-4H2,(H2,15,16,17)/t7-,9-,10-,13-/m1/s1. The summed E-state index contributed by atoms with van der Waals surface area (Å²) in [5.74, 6) is 1.35. The van der Waals surface area contributed by atoms with E-state index in [-0.39, 0.29) is 12.5 Å². The van der Waals surface area contributed by atoms with E-state index in [0.717, 1.165) is 0 Å². The molecule has 1 fully saturated rings. The molecule has 0 aromatic carbocycles. The normalized spacial score (nSPS) is 27.8. The van der Waals surface area contributed by atoms with E-state index in [1.807, 2.05) is 0 Å². The van der Waals surface area contributed by atoms with Crippen molar-refractivity contribution in [2.75, 3.05) is 23.9 Å². The van der Waals surface area contributed by atoms with Crippen LogP contribution in [-0.2, 0) is 4.74 Å². The monoisotopic (exact) mass is 343 g/mol. The van der Waals surface area contributed by atoms with Crippen molar-refractivity contribution in [3.63, 3.8) is 0 Å². The van der Waals surface area contributed by atoms with Gasteiger partial charge in [-0.05, 0) is 12.2 Å². The fourth-order valence-corrected chi connectivity index (χ4v) is 3.50. The van der Waals surface area contributed by atoms with E-state index in [4.69, 9.17) is 10.5 Å². The number of imidazole rings is 1. The van der Waals surface area contributed by atoms with E-state index in [1.165, 1.54) is 29.0 Å². The Balaban J connectivity index is 1.76. The van der Waals surface area contributed by atoms with Crippen LogP contribution in [0.4, 0.5) is 10.2 Å². The van der Waals surface area contributed by atoms with Gasteiger partial charge in [0.2, 0.25) is 0 Å². The van der Waals surface area contributed by atoms with Crippen molar-refractivity contribution >= 4 is 28.7 Å². The van der Waals surface area contributed by atoms with Gasteiger partial charge in [-0.3, -0.25) is 8.96 Å². The van der Waals surface area contributed by atoms with Gasteiger partial charge in [0.15, 0.2) is 17.7 Å². The average molecular weight is 343 g/mol. The average Bonchev–Trinajstić information content (AvgIpc) is 3.09. The molecular weight excluding hydrogens is 325 g/mol. The minimum Gasteiger partial charge on any atom is -0.387 e. The van der Waals surface area contributed by atoms with Gasteiger partial charge in [-0.15, -0.1) is 0 Å². The quantitative estimate of drug-likeness (QED) is 0.633. The highest BCUT2D eigenvalue weighted by atomic mass is 32.2. The first kappa shape index (κ1) is 16.4. The van der Waals surface area contributed by atoms with E-state index in [9.17, 15) is 14.6 Å². The number of aromatic nitrogens is 4. The Morgan fingerprint density at radius 1 is 1.30 bits per heavy atom. The van der Waals surface area contributed by atoms with Gasteiger partial charge in [-0.2, -0.15) is 11.8 Å². The maximum atomic E-state index is 12.1. The number of nitrogen functional groups attached to an aromatic ring is 1. The lowest BCUT2D eigenvalue weighted by Gasteiger charge is -2.16. The van der Waals surface area contributed by atoms with Crippen LogP contribution < -0.4 is 5.73 Å². The third-order valence-corrected chi connectivity index (χ3v) is 4.84. The number of fused-ring (bicyclic) bond motifs is 1. The van der Waals surface area contributed by atoms with Crippen LogP contribution in [0, 0.1) is 0 Å². The molecule has 8 nitrogen and oxygen atoms in total. The van der Waals surface area contributed by atoms with E-state index >= 15 is 0 Å². The van der Waals surface area contributed by atoms with Crippen molar-refractivity contribution in [3.8, 4) is 0 Å². The first-order chi connectivity index (χ1) is 11.1. The highest BCUT2D eigenvalue weighted by Gasteiger charge is 2.44. The van der Waals surface area contributed by atoms with Crippen LogP contribution in [0.1, 0.15) is 12.6 Å². The molecule has 1 saturated heterocycles. The minimum absolute atomic E-state index is 0.236. The Labute approximate surface area is 135 Å². The molecule has 0 radical (unpaired) electrons. The molecule has 0 bridgehead atoms. The Kier molecular flexibility index (Phi) is 4.95. The summed E-state index contributed by atoms with van der Waals surface area (Å²) in [6.07, 6.45) is -0.286. The van der Waals surface area contributed by atoms with Crippen molar-refractivity contribution in [3.05, 3.63) is 12.7 Å². The summed E-state index contributed by atoms with van der Waals surface area (Å²) < 4.78 is 19.4. The third kappa shape index (κ3) is 3.11. The molecule has 10 heteroatoms. The summed E-state index contributed by atoms with van der Waals surface area (Å²) in [6.45, 7) is -0.367. The molecule has 1 aliphatic heterocycles. The summed E-state index contributed by atoms with van der Waals surface area (Å²) >= 11 is 1.48. The van der Waals surface area contributed by atoms with Gasteiger partial charge in [0.25, 0.3) is 0 Å². The van der Waals surface area contributed by atoms with Crippen molar-refractivity contribution in [1.82, 2.24) is 19.5 Å². The molecule has 0 spiro atoms. The van der Waals surface area contributed by atoms with Crippen molar-refractivity contribution in [2.45, 2.75) is 31.0 Å². The van der Waals surface area contributed by atoms with Crippen LogP contribution >= 0.6 is 11.8 Å². The lowest BCUT2D eigenvalue weighted by molar-refractivity contribution is -0.0289. The van der Waals surface area contributed by atoms with Crippen molar-refractivity contribution in [1.29, 1.82) is 0 Å². The first-order valence-electron chi connectivity index (χ1n) is 7.21. The Morgan fingerprint density at radius 2 is 2.13 bits per heavy atom. The molecule has 0 aliphatic carbocycles. The Hall–Kier alpha value is -1.49. The van der Waals surface area contributed by atoms with E-state index in [2.05, 4.69) is 15.0 Å². The second kappa shape index (κ2) is 6.95. The number of alkyl halides is 1. The SMILES string of the molecule is Nc1ncnc2c1ncn2[C@@H]1O[C@H](CSCCCF)[C@@H](O)[C@H]1O. The molecule has 1 aliphatic rings. The lowest BCUT2D eigenvalue weighted by atomic mass is 10.1. The smallest absolute Gasteiger partial charge is 0.167 e. The Bertz CT molecular complexity index is 672. The number of nitrogens with two attached hydrogens (primary N) is 1. The zero-order valence-electron chi connectivity index (χ0n) is 12.2. The number of rotatable bonds is 6. The fraction of sp³-hybridized carbons (Fsp3) is 0.615. The summed E-state index contributed by atoms with van der Waals surface area (Å²) in [6, 6.07) is 0. The molecular formula is C13H18FN5O3S. The van der Waals surface area contributed by atoms with Gasteiger partial charge in [0.1, 0.15) is 24.1 Å². The van der Waals surface area contributed by atoms with E-state index in [0.29, 0.717) is 29.1 Å². The van der Waals surface area contributed by atoms with Crippen molar-refractivity contribution in [2.24, 2.45) is 0 Å². The van der Waals surface area contributed by atoms with Gasteiger partial charge >= 0.3 is 0 Å². The highest BCUT2D eigenvalue weighted by molar-refractivity contribution is 7.99. The molecule has 23 heavy (non-hydrogen) atoms. The molecule has 4 atom stereocenters. The summed E-state index contributed by atoms with van der Waals surface area (Å²) in [7, 11) is 0. The van der Waals surface area contributed by atoms with Gasteiger partial charge in [-0.1, -0.05) is 0 Å². The van der Waals surface area contributed by atoms with Crippen LogP contribution in [0.25, 0.3) is 11.2 Å². The largest absolute Gasteiger partial charge is 0.387 e. The minimum atomic E-state index is -1.12. The van der Waals surface area contributed by atoms with Crippen molar-refractivity contribution < 1.29 is 19.3 Å². The predicted molar refractivity (Wildman–Crippen MR) is 83.6 cm³/mol. The van der Waals surface area contributed by atoms with E-state index < -0.39 is 24.5 Å². The maximum absolute atomic E-state index is 12.1. The molecule has 3 rings (SSSR count). The van der Waals surface area contributed by atoms with Gasteiger partial charge in [0, 0.05) is 5.75 Å². The number of aliphatic hydroxyl groups excluding tert-OH is 2. The maximum Gasteiger partial charge on any atom is 0.167 e. The number of hydrogen-bond acceptors (Lipinski definition) is 8. The third-order valence-electron chi connectivity index (χ3n) is 3.70. The van der Waals surface area contributed by atoms with Crippen LogP contribution in [0.2, 0.25) is 0 Å². The molecule has 0 unspecified atom stereocenters. The lowest BCUT2D eigenvalue weighted by Crippen LogP contribution is -2.32. The van der Waals surface area contributed by atoms with Crippen LogP contribution in [0.15, 0.2) is 12.7 Å². The number of hydrogen-bond donors (Lipinski definition) is 3. The van der Waals surface area contributed by atoms with E-state index in [1.54, 1.807) is 0 Å². The molecule has 0 amide bonds. The van der Waals surface area contributed by atoms with Crippen LogP contribution in [0.3, 0.4) is 0 Å². The van der Waals surface area contributed by atoms with Crippen LogP contribution in [0.5, 0.6) is 0 Å². The fourth-order valence-electron chi connectivity index (χ4n) is 2.51. The second-order valence-corrected chi connectivity index (χ2v) is 6.40. The summed E-state index contributed by atoms with van der Waals surface area (Å²) in [5, 5.41) is 20.4. The molecule has 2 aromatic heterocycles. The number of ether oxygens (including phenoxy) is 1. The highest BCUT2D eigenvalue weighted by Crippen LogP contribution is 2.33. The topological polar surface area (TPSA) is 119 Å². The molecule has 3 heterocycles. The molecule has 126 valence electrons. The number of aliphatic hydroxyl groups is 2. The first-order valence-corrected chi connectivity index (χ1v) is 8.37. The summed E-state index contributed by atoms with van der Waals surface area (Å²) in [4.78, 5) is 12.1.